The minimum Gasteiger partial charge on any atom is -0.497 e. The molecule has 0 saturated carbocycles. The highest BCUT2D eigenvalue weighted by molar-refractivity contribution is 5.31. The lowest BCUT2D eigenvalue weighted by atomic mass is 10.3. The molecule has 0 aliphatic rings. The van der Waals surface area contributed by atoms with Gasteiger partial charge in [0.25, 0.3) is 0 Å². The van der Waals surface area contributed by atoms with E-state index in [9.17, 15) is 5.11 Å². The molecule has 0 spiro atoms. The summed E-state index contributed by atoms with van der Waals surface area (Å²) < 4.78 is 16.0. The number of methoxy groups -OCH3 is 1. The summed E-state index contributed by atoms with van der Waals surface area (Å²) >= 11 is 0. The molecule has 0 bridgehead atoms. The molecule has 0 unspecified atom stereocenters. The highest BCUT2D eigenvalue weighted by atomic mass is 16.5. The van der Waals surface area contributed by atoms with Crippen LogP contribution >= 0.6 is 0 Å². The minimum absolute atomic E-state index is 0.342. The van der Waals surface area contributed by atoms with Gasteiger partial charge in [0.15, 0.2) is 0 Å². The van der Waals surface area contributed by atoms with Crippen LogP contribution in [0.5, 0.6) is 11.5 Å². The molecular formula is C15H26NO4+. The second-order valence-electron chi connectivity index (χ2n) is 4.97. The lowest BCUT2D eigenvalue weighted by Gasteiger charge is -2.12. The third-order valence-corrected chi connectivity index (χ3v) is 2.75. The summed E-state index contributed by atoms with van der Waals surface area (Å²) in [6.07, 6.45) is -0.432. The van der Waals surface area contributed by atoms with Crippen LogP contribution in [0.2, 0.25) is 0 Å². The van der Waals surface area contributed by atoms with Crippen LogP contribution in [0.1, 0.15) is 13.8 Å². The van der Waals surface area contributed by atoms with Crippen LogP contribution in [0.25, 0.3) is 0 Å². The van der Waals surface area contributed by atoms with Gasteiger partial charge in [0, 0.05) is 0 Å². The van der Waals surface area contributed by atoms with E-state index < -0.39 is 6.10 Å². The van der Waals surface area contributed by atoms with Gasteiger partial charge in [-0.15, -0.1) is 0 Å². The second kappa shape index (κ2) is 9.58. The summed E-state index contributed by atoms with van der Waals surface area (Å²) in [6, 6.07) is 7.89. The van der Waals surface area contributed by atoms with E-state index in [1.807, 2.05) is 24.3 Å². The maximum Gasteiger partial charge on any atom is 0.126 e. The highest BCUT2D eigenvalue weighted by Crippen LogP contribution is 2.16. The van der Waals surface area contributed by atoms with Gasteiger partial charge in [0.2, 0.25) is 0 Å². The maximum atomic E-state index is 9.66. The van der Waals surface area contributed by atoms with Crippen LogP contribution < -0.4 is 14.8 Å². The largest absolute Gasteiger partial charge is 0.497 e. The summed E-state index contributed by atoms with van der Waals surface area (Å²) in [5.41, 5.74) is 0. The Hall–Kier alpha value is -1.30. The molecular weight excluding hydrogens is 258 g/mol. The highest BCUT2D eigenvalue weighted by Gasteiger charge is 2.07. The molecule has 1 atom stereocenters. The standard InChI is InChI=1S/C15H25NO4/c1-12(2)16-10-13(17)11-19-8-9-20-15-6-4-14(18-3)5-7-15/h4-7,12-13,16-17H,8-11H2,1-3H3/p+1/t13-/m0/s1. The smallest absolute Gasteiger partial charge is 0.126 e. The third kappa shape index (κ3) is 7.33. The number of hydrogen-bond donors (Lipinski definition) is 2. The third-order valence-electron chi connectivity index (χ3n) is 2.75. The van der Waals surface area contributed by atoms with Crippen molar-refractivity contribution in [1.29, 1.82) is 0 Å². The van der Waals surface area contributed by atoms with Crippen molar-refractivity contribution >= 4 is 0 Å². The Kier molecular flexibility index (Phi) is 8.02. The van der Waals surface area contributed by atoms with Crippen molar-refractivity contribution < 1.29 is 24.6 Å². The van der Waals surface area contributed by atoms with Crippen LogP contribution in [-0.2, 0) is 4.74 Å². The number of ether oxygens (including phenoxy) is 3. The molecule has 1 aromatic carbocycles. The average molecular weight is 284 g/mol. The molecule has 1 aromatic rings. The normalized spacial score (nSPS) is 12.4. The number of nitrogens with two attached hydrogens (primary N) is 1. The van der Waals surface area contributed by atoms with Gasteiger partial charge < -0.3 is 24.6 Å². The molecule has 0 radical (unpaired) electrons. The van der Waals surface area contributed by atoms with Crippen molar-refractivity contribution in [3.63, 3.8) is 0 Å². The maximum absolute atomic E-state index is 9.66. The Bertz CT molecular complexity index is 353. The van der Waals surface area contributed by atoms with Crippen molar-refractivity contribution in [3.05, 3.63) is 24.3 Å². The topological polar surface area (TPSA) is 64.5 Å². The fourth-order valence-corrected chi connectivity index (χ4v) is 1.61. The van der Waals surface area contributed by atoms with Gasteiger partial charge >= 0.3 is 0 Å². The van der Waals surface area contributed by atoms with E-state index in [1.54, 1.807) is 7.11 Å². The van der Waals surface area contributed by atoms with Crippen molar-refractivity contribution in [3.8, 4) is 11.5 Å². The van der Waals surface area contributed by atoms with E-state index in [0.29, 0.717) is 32.4 Å². The fraction of sp³-hybridized carbons (Fsp3) is 0.600. The molecule has 0 heterocycles. The average Bonchev–Trinajstić information content (AvgIpc) is 2.45. The molecule has 0 aliphatic heterocycles. The molecule has 0 fully saturated rings. The lowest BCUT2D eigenvalue weighted by Crippen LogP contribution is -2.90. The Morgan fingerprint density at radius 2 is 1.75 bits per heavy atom. The Balaban J connectivity index is 2.06. The number of rotatable bonds is 10. The first-order valence-electron chi connectivity index (χ1n) is 6.97. The first-order valence-corrected chi connectivity index (χ1v) is 6.97. The van der Waals surface area contributed by atoms with Gasteiger partial charge in [-0.05, 0) is 38.1 Å². The van der Waals surface area contributed by atoms with E-state index in [4.69, 9.17) is 14.2 Å². The van der Waals surface area contributed by atoms with Crippen molar-refractivity contribution in [1.82, 2.24) is 0 Å². The van der Waals surface area contributed by atoms with Crippen LogP contribution in [0, 0.1) is 0 Å². The molecule has 20 heavy (non-hydrogen) atoms. The lowest BCUT2D eigenvalue weighted by molar-refractivity contribution is -0.688. The van der Waals surface area contributed by atoms with Crippen molar-refractivity contribution in [2.75, 3.05) is 33.5 Å². The first kappa shape index (κ1) is 16.8. The van der Waals surface area contributed by atoms with Gasteiger partial charge in [-0.1, -0.05) is 0 Å². The molecule has 0 amide bonds. The van der Waals surface area contributed by atoms with E-state index in [2.05, 4.69) is 19.2 Å². The summed E-state index contributed by atoms with van der Waals surface area (Å²) in [5, 5.41) is 11.7. The van der Waals surface area contributed by atoms with Crippen molar-refractivity contribution in [2.45, 2.75) is 26.0 Å². The predicted molar refractivity (Wildman–Crippen MR) is 77.2 cm³/mol. The SMILES string of the molecule is COc1ccc(OCCOC[C@@H](O)C[NH2+]C(C)C)cc1. The number of aliphatic hydroxyl groups is 1. The van der Waals surface area contributed by atoms with Crippen LogP contribution in [0.15, 0.2) is 24.3 Å². The summed E-state index contributed by atoms with van der Waals surface area (Å²) in [4.78, 5) is 0. The van der Waals surface area contributed by atoms with Gasteiger partial charge in [0.1, 0.15) is 30.8 Å². The number of benzene rings is 1. The minimum atomic E-state index is -0.432. The number of quaternary nitrogens is 1. The van der Waals surface area contributed by atoms with E-state index in [-0.39, 0.29) is 0 Å². The summed E-state index contributed by atoms with van der Waals surface area (Å²) in [7, 11) is 1.63. The molecule has 0 aliphatic carbocycles. The molecule has 114 valence electrons. The molecule has 3 N–H and O–H groups in total. The van der Waals surface area contributed by atoms with Crippen LogP contribution in [0.3, 0.4) is 0 Å². The van der Waals surface area contributed by atoms with E-state index >= 15 is 0 Å². The van der Waals surface area contributed by atoms with E-state index in [1.165, 1.54) is 0 Å². The Morgan fingerprint density at radius 3 is 2.35 bits per heavy atom. The van der Waals surface area contributed by atoms with Crippen LogP contribution in [-0.4, -0.2) is 50.7 Å². The molecule has 5 heteroatoms. The molecule has 5 nitrogen and oxygen atoms in total. The summed E-state index contributed by atoms with van der Waals surface area (Å²) in [6.45, 7) is 6.12. The molecule has 1 rings (SSSR count). The number of hydrogen-bond acceptors (Lipinski definition) is 4. The molecule has 0 aromatic heterocycles. The zero-order valence-corrected chi connectivity index (χ0v) is 12.5. The first-order chi connectivity index (χ1) is 9.61. The zero-order chi connectivity index (χ0) is 14.8. The van der Waals surface area contributed by atoms with Crippen LogP contribution in [0.4, 0.5) is 0 Å². The molecule has 0 saturated heterocycles. The monoisotopic (exact) mass is 284 g/mol. The Labute approximate surface area is 120 Å². The van der Waals surface area contributed by atoms with Crippen molar-refractivity contribution in [2.24, 2.45) is 0 Å². The van der Waals surface area contributed by atoms with E-state index in [0.717, 1.165) is 11.5 Å². The quantitative estimate of drug-likeness (QED) is 0.611. The van der Waals surface area contributed by atoms with Gasteiger partial charge in [-0.25, -0.2) is 0 Å². The zero-order valence-electron chi connectivity index (χ0n) is 12.5. The second-order valence-corrected chi connectivity index (χ2v) is 4.97. The summed E-state index contributed by atoms with van der Waals surface area (Å²) in [5.74, 6) is 1.58. The number of aliphatic hydroxyl groups excluding tert-OH is 1. The Morgan fingerprint density at radius 1 is 1.10 bits per heavy atom. The van der Waals surface area contributed by atoms with Gasteiger partial charge in [-0.2, -0.15) is 0 Å². The fourth-order valence-electron chi connectivity index (χ4n) is 1.61. The van der Waals surface area contributed by atoms with Gasteiger partial charge in [0.05, 0.1) is 26.4 Å². The predicted octanol–water partition coefficient (Wildman–Crippen LogP) is 0.423. The van der Waals surface area contributed by atoms with Gasteiger partial charge in [-0.3, -0.25) is 0 Å².